The van der Waals surface area contributed by atoms with E-state index in [9.17, 15) is 9.59 Å². The number of benzene rings is 2. The number of aromatic nitrogens is 2. The molecule has 0 spiro atoms. The molecule has 2 amide bonds. The molecule has 7 heteroatoms. The van der Waals surface area contributed by atoms with Gasteiger partial charge in [-0.2, -0.15) is 0 Å². The van der Waals surface area contributed by atoms with Crippen LogP contribution in [0.25, 0.3) is 0 Å². The summed E-state index contributed by atoms with van der Waals surface area (Å²) in [4.78, 5) is 32.4. The number of hydrogen-bond donors (Lipinski definition) is 3. The maximum absolute atomic E-state index is 12.6. The summed E-state index contributed by atoms with van der Waals surface area (Å²) < 4.78 is 0. The van der Waals surface area contributed by atoms with Gasteiger partial charge in [-0.05, 0) is 74.4 Å². The Morgan fingerprint density at radius 2 is 1.38 bits per heavy atom. The first-order chi connectivity index (χ1) is 13.8. The molecule has 3 rings (SSSR count). The Kier molecular flexibility index (Phi) is 5.87. The standard InChI is InChI=1S/C22H23N5O2/c1-13-5-6-19(11-14(13)2)26-22-23-15(3)12-20(27-22)21(29)25-18-9-7-17(8-10-18)24-16(4)28/h5-12H,1-4H3,(H,24,28)(H,25,29)(H,23,26,27). The Balaban J connectivity index is 1.75. The number of amides is 2. The molecule has 0 aliphatic rings. The molecule has 0 fully saturated rings. The number of hydrogen-bond acceptors (Lipinski definition) is 5. The molecule has 0 unspecified atom stereocenters. The molecule has 0 bridgehead atoms. The van der Waals surface area contributed by atoms with Crippen LogP contribution in [0, 0.1) is 20.8 Å². The molecule has 0 aliphatic heterocycles. The third-order valence-corrected chi connectivity index (χ3v) is 4.31. The summed E-state index contributed by atoms with van der Waals surface area (Å²) in [5.74, 6) is -0.132. The van der Waals surface area contributed by atoms with Crippen molar-refractivity contribution < 1.29 is 9.59 Å². The number of carbonyl (C=O) groups is 2. The maximum atomic E-state index is 12.6. The Hall–Kier alpha value is -3.74. The lowest BCUT2D eigenvalue weighted by molar-refractivity contribution is -0.114. The van der Waals surface area contributed by atoms with Crippen molar-refractivity contribution in [3.63, 3.8) is 0 Å². The van der Waals surface area contributed by atoms with E-state index in [1.54, 1.807) is 30.3 Å². The third-order valence-electron chi connectivity index (χ3n) is 4.31. The smallest absolute Gasteiger partial charge is 0.274 e. The first-order valence-corrected chi connectivity index (χ1v) is 9.19. The molecular formula is C22H23N5O2. The van der Waals surface area contributed by atoms with E-state index in [0.29, 0.717) is 23.0 Å². The number of anilines is 4. The van der Waals surface area contributed by atoms with Crippen molar-refractivity contribution >= 4 is 34.8 Å². The minimum absolute atomic E-state index is 0.151. The summed E-state index contributed by atoms with van der Waals surface area (Å²) in [7, 11) is 0. The second-order valence-corrected chi connectivity index (χ2v) is 6.85. The quantitative estimate of drug-likeness (QED) is 0.603. The topological polar surface area (TPSA) is 96.0 Å². The van der Waals surface area contributed by atoms with Crippen LogP contribution in [0.3, 0.4) is 0 Å². The van der Waals surface area contributed by atoms with E-state index < -0.39 is 0 Å². The lowest BCUT2D eigenvalue weighted by atomic mass is 10.1. The van der Waals surface area contributed by atoms with Crippen molar-refractivity contribution in [3.8, 4) is 0 Å². The van der Waals surface area contributed by atoms with Crippen LogP contribution in [0.4, 0.5) is 23.0 Å². The minimum Gasteiger partial charge on any atom is -0.326 e. The largest absolute Gasteiger partial charge is 0.326 e. The highest BCUT2D eigenvalue weighted by molar-refractivity contribution is 6.03. The summed E-state index contributed by atoms with van der Waals surface area (Å²) in [5, 5.41) is 8.64. The van der Waals surface area contributed by atoms with Gasteiger partial charge in [-0.15, -0.1) is 0 Å². The normalized spacial score (nSPS) is 10.3. The molecule has 148 valence electrons. The van der Waals surface area contributed by atoms with Crippen molar-refractivity contribution in [2.75, 3.05) is 16.0 Å². The molecule has 7 nitrogen and oxygen atoms in total. The first kappa shape index (κ1) is 20.0. The van der Waals surface area contributed by atoms with Crippen molar-refractivity contribution in [3.05, 3.63) is 71.0 Å². The lowest BCUT2D eigenvalue weighted by Crippen LogP contribution is -2.15. The maximum Gasteiger partial charge on any atom is 0.274 e. The van der Waals surface area contributed by atoms with E-state index >= 15 is 0 Å². The van der Waals surface area contributed by atoms with E-state index in [4.69, 9.17) is 0 Å². The monoisotopic (exact) mass is 389 g/mol. The van der Waals surface area contributed by atoms with Crippen LogP contribution in [0.5, 0.6) is 0 Å². The fourth-order valence-electron chi connectivity index (χ4n) is 2.72. The average molecular weight is 389 g/mol. The molecule has 0 radical (unpaired) electrons. The van der Waals surface area contributed by atoms with Gasteiger partial charge in [0, 0.05) is 29.7 Å². The zero-order chi connectivity index (χ0) is 21.0. The third kappa shape index (κ3) is 5.38. The van der Waals surface area contributed by atoms with Crippen LogP contribution >= 0.6 is 0 Å². The van der Waals surface area contributed by atoms with E-state index in [1.165, 1.54) is 12.5 Å². The SMILES string of the molecule is CC(=O)Nc1ccc(NC(=O)c2cc(C)nc(Nc3ccc(C)c(C)c3)n2)cc1. The minimum atomic E-state index is -0.342. The molecular weight excluding hydrogens is 366 g/mol. The zero-order valence-electron chi connectivity index (χ0n) is 16.8. The number of rotatable bonds is 5. The zero-order valence-corrected chi connectivity index (χ0v) is 16.8. The lowest BCUT2D eigenvalue weighted by Gasteiger charge is -2.10. The second-order valence-electron chi connectivity index (χ2n) is 6.85. The van der Waals surface area contributed by atoms with Crippen LogP contribution in [0.1, 0.15) is 34.2 Å². The average Bonchev–Trinajstić information content (AvgIpc) is 2.65. The van der Waals surface area contributed by atoms with Gasteiger partial charge in [0.05, 0.1) is 0 Å². The van der Waals surface area contributed by atoms with Crippen LogP contribution < -0.4 is 16.0 Å². The van der Waals surface area contributed by atoms with E-state index in [2.05, 4.69) is 25.9 Å². The molecule has 0 saturated carbocycles. The van der Waals surface area contributed by atoms with Gasteiger partial charge in [-0.3, -0.25) is 9.59 Å². The van der Waals surface area contributed by atoms with E-state index in [1.807, 2.05) is 39.0 Å². The van der Waals surface area contributed by atoms with Crippen molar-refractivity contribution in [2.45, 2.75) is 27.7 Å². The van der Waals surface area contributed by atoms with Gasteiger partial charge in [-0.1, -0.05) is 6.07 Å². The summed E-state index contributed by atoms with van der Waals surface area (Å²) in [5.41, 5.74) is 5.41. The molecule has 1 heterocycles. The number of aryl methyl sites for hydroxylation is 3. The summed E-state index contributed by atoms with van der Waals surface area (Å²) >= 11 is 0. The second kappa shape index (κ2) is 8.52. The molecule has 2 aromatic carbocycles. The highest BCUT2D eigenvalue weighted by Gasteiger charge is 2.12. The van der Waals surface area contributed by atoms with Crippen LogP contribution in [-0.4, -0.2) is 21.8 Å². The van der Waals surface area contributed by atoms with Crippen molar-refractivity contribution in [1.29, 1.82) is 0 Å². The van der Waals surface area contributed by atoms with Gasteiger partial charge < -0.3 is 16.0 Å². The predicted molar refractivity (Wildman–Crippen MR) is 115 cm³/mol. The molecule has 3 aromatic rings. The molecule has 0 aliphatic carbocycles. The van der Waals surface area contributed by atoms with Gasteiger partial charge in [0.2, 0.25) is 11.9 Å². The molecule has 29 heavy (non-hydrogen) atoms. The summed E-state index contributed by atoms with van der Waals surface area (Å²) in [6, 6.07) is 14.5. The van der Waals surface area contributed by atoms with E-state index in [0.717, 1.165) is 11.3 Å². The summed E-state index contributed by atoms with van der Waals surface area (Å²) in [6.07, 6.45) is 0. The van der Waals surface area contributed by atoms with Gasteiger partial charge in [0.15, 0.2) is 0 Å². The molecule has 1 aromatic heterocycles. The fraction of sp³-hybridized carbons (Fsp3) is 0.182. The molecule has 0 atom stereocenters. The Morgan fingerprint density at radius 3 is 2.00 bits per heavy atom. The van der Waals surface area contributed by atoms with Gasteiger partial charge >= 0.3 is 0 Å². The van der Waals surface area contributed by atoms with Gasteiger partial charge in [0.25, 0.3) is 5.91 Å². The number of nitrogens with zero attached hydrogens (tertiary/aromatic N) is 2. The van der Waals surface area contributed by atoms with Crippen LogP contribution in [0.2, 0.25) is 0 Å². The van der Waals surface area contributed by atoms with Crippen LogP contribution in [-0.2, 0) is 4.79 Å². The predicted octanol–water partition coefficient (Wildman–Crippen LogP) is 4.36. The van der Waals surface area contributed by atoms with Gasteiger partial charge in [0.1, 0.15) is 5.69 Å². The van der Waals surface area contributed by atoms with Gasteiger partial charge in [-0.25, -0.2) is 9.97 Å². The number of carbonyl (C=O) groups excluding carboxylic acids is 2. The highest BCUT2D eigenvalue weighted by Crippen LogP contribution is 2.19. The van der Waals surface area contributed by atoms with Crippen molar-refractivity contribution in [2.24, 2.45) is 0 Å². The Bertz CT molecular complexity index is 1060. The molecule has 0 saturated heterocycles. The van der Waals surface area contributed by atoms with Crippen molar-refractivity contribution in [1.82, 2.24) is 9.97 Å². The Morgan fingerprint density at radius 1 is 0.759 bits per heavy atom. The van der Waals surface area contributed by atoms with Crippen LogP contribution in [0.15, 0.2) is 48.5 Å². The number of nitrogens with one attached hydrogen (secondary N) is 3. The first-order valence-electron chi connectivity index (χ1n) is 9.19. The molecule has 3 N–H and O–H groups in total. The summed E-state index contributed by atoms with van der Waals surface area (Å²) in [6.45, 7) is 7.34. The Labute approximate surface area is 169 Å². The highest BCUT2D eigenvalue weighted by atomic mass is 16.2. The van der Waals surface area contributed by atoms with E-state index in [-0.39, 0.29) is 17.5 Å². The fourth-order valence-corrected chi connectivity index (χ4v) is 2.72.